The smallest absolute Gasteiger partial charge is 0.144 e. The number of fused-ring (bicyclic) bond motifs is 6. The van der Waals surface area contributed by atoms with E-state index in [1.807, 2.05) is 0 Å². The summed E-state index contributed by atoms with van der Waals surface area (Å²) in [5.74, 6) is 1.03. The number of rotatable bonds is 2. The number of benzene rings is 8. The lowest BCUT2D eigenvalue weighted by molar-refractivity contribution is 0.277. The van der Waals surface area contributed by atoms with Crippen molar-refractivity contribution in [1.82, 2.24) is 4.57 Å². The molecule has 1 unspecified atom stereocenters. The van der Waals surface area contributed by atoms with Gasteiger partial charge in [-0.25, -0.2) is 0 Å². The second-order valence-corrected chi connectivity index (χ2v) is 13.1. The summed E-state index contributed by atoms with van der Waals surface area (Å²) in [6, 6.07) is 42.8. The van der Waals surface area contributed by atoms with Gasteiger partial charge in [0.15, 0.2) is 0 Å². The van der Waals surface area contributed by atoms with Gasteiger partial charge in [-0.2, -0.15) is 0 Å². The zero-order valence-corrected chi connectivity index (χ0v) is 24.8. The van der Waals surface area contributed by atoms with Crippen molar-refractivity contribution in [1.29, 1.82) is 0 Å². The molecule has 1 aliphatic heterocycles. The Kier molecular flexibility index (Phi) is 4.11. The van der Waals surface area contributed by atoms with E-state index in [1.165, 1.54) is 104 Å². The summed E-state index contributed by atoms with van der Waals surface area (Å²) < 4.78 is 8.97. The number of aromatic nitrogens is 1. The van der Waals surface area contributed by atoms with Crippen LogP contribution >= 0.6 is 0 Å². The van der Waals surface area contributed by atoms with Crippen molar-refractivity contribution in [3.05, 3.63) is 143 Å². The molecule has 46 heavy (non-hydrogen) atoms. The highest BCUT2D eigenvalue weighted by molar-refractivity contribution is 6.29. The van der Waals surface area contributed by atoms with Crippen LogP contribution < -0.4 is 10.1 Å². The molecule has 0 amide bonds. The Hall–Kier alpha value is -5.86. The van der Waals surface area contributed by atoms with Crippen LogP contribution in [-0.2, 0) is 6.42 Å². The summed E-state index contributed by atoms with van der Waals surface area (Å²) in [4.78, 5) is 0. The third-order valence-electron chi connectivity index (χ3n) is 11.0. The maximum Gasteiger partial charge on any atom is 0.144 e. The van der Waals surface area contributed by atoms with E-state index in [-0.39, 0.29) is 6.10 Å². The Labute approximate surface area is 264 Å². The first kappa shape index (κ1) is 23.5. The van der Waals surface area contributed by atoms with Gasteiger partial charge in [0.25, 0.3) is 0 Å². The van der Waals surface area contributed by atoms with E-state index in [2.05, 4.69) is 138 Å². The van der Waals surface area contributed by atoms with Gasteiger partial charge < -0.3 is 9.30 Å². The highest BCUT2D eigenvalue weighted by Gasteiger charge is 2.34. The molecule has 3 aliphatic rings. The topological polar surface area (TPSA) is 14.2 Å². The number of hydrogen-bond acceptors (Lipinski definition) is 1. The van der Waals surface area contributed by atoms with Gasteiger partial charge in [0, 0.05) is 27.4 Å². The fraction of sp³-hybridized carbons (Fsp3) is 0.0455. The van der Waals surface area contributed by atoms with Gasteiger partial charge in [0.1, 0.15) is 11.9 Å². The van der Waals surface area contributed by atoms with Crippen LogP contribution in [0.2, 0.25) is 0 Å². The van der Waals surface area contributed by atoms with E-state index in [4.69, 9.17) is 4.74 Å². The van der Waals surface area contributed by atoms with E-state index in [0.29, 0.717) is 0 Å². The zero-order valence-electron chi connectivity index (χ0n) is 24.8. The summed E-state index contributed by atoms with van der Waals surface area (Å²) in [7, 11) is 0. The van der Waals surface area contributed by atoms with Crippen LogP contribution in [0, 0.1) is 0 Å². The van der Waals surface area contributed by atoms with Gasteiger partial charge in [-0.1, -0.05) is 97.1 Å². The van der Waals surface area contributed by atoms with Gasteiger partial charge in [0.2, 0.25) is 0 Å². The lowest BCUT2D eigenvalue weighted by Gasteiger charge is -2.18. The second-order valence-electron chi connectivity index (χ2n) is 13.1. The van der Waals surface area contributed by atoms with E-state index >= 15 is 0 Å². The number of ether oxygens (including phenoxy) is 1. The molecule has 0 fully saturated rings. The summed E-state index contributed by atoms with van der Waals surface area (Å²) >= 11 is 0. The molecular formula is C44H25NO. The molecule has 12 rings (SSSR count). The summed E-state index contributed by atoms with van der Waals surface area (Å²) in [5.41, 5.74) is 9.00. The number of hydrogen-bond donors (Lipinski definition) is 0. The average Bonchev–Trinajstić information content (AvgIpc) is 3.68. The van der Waals surface area contributed by atoms with Gasteiger partial charge in [-0.15, -0.1) is 0 Å². The lowest BCUT2D eigenvalue weighted by atomic mass is 9.84. The first-order valence-corrected chi connectivity index (χ1v) is 16.2. The van der Waals surface area contributed by atoms with Crippen molar-refractivity contribution in [3.8, 4) is 22.6 Å². The highest BCUT2D eigenvalue weighted by atomic mass is 16.5. The Morgan fingerprint density at radius 1 is 0.565 bits per heavy atom. The molecule has 0 radical (unpaired) electrons. The molecule has 8 aromatic carbocycles. The van der Waals surface area contributed by atoms with E-state index in [9.17, 15) is 0 Å². The minimum Gasteiger partial charge on any atom is -0.481 e. The van der Waals surface area contributed by atoms with Gasteiger partial charge in [-0.3, -0.25) is 0 Å². The minimum atomic E-state index is 0.00167. The summed E-state index contributed by atoms with van der Waals surface area (Å²) in [5, 5.41) is 16.0. The van der Waals surface area contributed by atoms with Crippen molar-refractivity contribution >= 4 is 76.9 Å². The average molecular weight is 584 g/mol. The van der Waals surface area contributed by atoms with Crippen LogP contribution in [0.3, 0.4) is 0 Å². The lowest BCUT2D eigenvalue weighted by Crippen LogP contribution is -2.17. The largest absolute Gasteiger partial charge is 0.481 e. The molecule has 0 N–H and O–H groups in total. The SMILES string of the molecule is C1=CC2Oc3ccc4c5c3c2c2c1ccc1c2c5c(n1-c1ccc(-c2ccc3c5ccccc5c5ccccc5c3c2)cc1)=CC4. The Balaban J connectivity index is 1.08. The molecule has 2 nitrogen and oxygen atoms in total. The third-order valence-corrected chi connectivity index (χ3v) is 11.0. The maximum atomic E-state index is 6.48. The van der Waals surface area contributed by atoms with Gasteiger partial charge >= 0.3 is 0 Å². The van der Waals surface area contributed by atoms with Crippen LogP contribution in [0.1, 0.15) is 22.8 Å². The monoisotopic (exact) mass is 583 g/mol. The molecular weight excluding hydrogens is 558 g/mol. The molecule has 0 spiro atoms. The molecule has 2 heteroatoms. The van der Waals surface area contributed by atoms with Gasteiger partial charge in [-0.05, 0) is 108 Å². The standard InChI is InChI=1S/C44H25NO/c1-2-7-31-29(5-1)30-6-3-4-8-32(30)34-23-27(11-18-33(31)34)24-9-16-28(17-10-24)45-35-19-12-25-14-21-37-43-39(25)41(35)42-36(45)20-13-26-15-22-38(46-37)44(43)40(26)42/h1-12,14-23,37H,13H2. The molecule has 212 valence electrons. The van der Waals surface area contributed by atoms with Crippen LogP contribution in [0.15, 0.2) is 121 Å². The first-order chi connectivity index (χ1) is 22.8. The maximum absolute atomic E-state index is 6.48. The molecule has 0 saturated carbocycles. The van der Waals surface area contributed by atoms with Crippen LogP contribution in [0.5, 0.6) is 5.75 Å². The normalized spacial score (nSPS) is 15.8. The van der Waals surface area contributed by atoms with E-state index in [0.717, 1.165) is 12.2 Å². The fourth-order valence-electron chi connectivity index (χ4n) is 9.05. The van der Waals surface area contributed by atoms with Crippen LogP contribution in [0.25, 0.3) is 93.7 Å². The van der Waals surface area contributed by atoms with Crippen molar-refractivity contribution < 1.29 is 4.74 Å². The first-order valence-electron chi connectivity index (χ1n) is 16.2. The zero-order chi connectivity index (χ0) is 29.7. The summed E-state index contributed by atoms with van der Waals surface area (Å²) in [6.45, 7) is 0. The molecule has 0 saturated heterocycles. The molecule has 1 aromatic heterocycles. The molecule has 1 atom stereocenters. The minimum absolute atomic E-state index is 0.00167. The van der Waals surface area contributed by atoms with E-state index < -0.39 is 0 Å². The molecule has 2 heterocycles. The quantitative estimate of drug-likeness (QED) is 0.146. The number of nitrogens with zero attached hydrogens (tertiary/aromatic N) is 1. The van der Waals surface area contributed by atoms with E-state index in [1.54, 1.807) is 0 Å². The Morgan fingerprint density at radius 3 is 2.07 bits per heavy atom. The van der Waals surface area contributed by atoms with Crippen LogP contribution in [0.4, 0.5) is 0 Å². The molecule has 2 aliphatic carbocycles. The summed E-state index contributed by atoms with van der Waals surface area (Å²) in [6.07, 6.45) is 7.84. The highest BCUT2D eigenvalue weighted by Crippen LogP contribution is 2.53. The van der Waals surface area contributed by atoms with Crippen molar-refractivity contribution in [2.75, 3.05) is 0 Å². The Morgan fingerprint density at radius 2 is 1.28 bits per heavy atom. The Bertz CT molecular complexity index is 2920. The molecule has 0 bridgehead atoms. The fourth-order valence-corrected chi connectivity index (χ4v) is 9.05. The van der Waals surface area contributed by atoms with Crippen molar-refractivity contribution in [2.24, 2.45) is 0 Å². The van der Waals surface area contributed by atoms with Gasteiger partial charge in [0.05, 0.1) is 10.9 Å². The van der Waals surface area contributed by atoms with Crippen LogP contribution in [-0.4, -0.2) is 4.57 Å². The van der Waals surface area contributed by atoms with Crippen molar-refractivity contribution in [3.63, 3.8) is 0 Å². The predicted molar refractivity (Wildman–Crippen MR) is 192 cm³/mol. The predicted octanol–water partition coefficient (Wildman–Crippen LogP) is 10.6. The second kappa shape index (κ2) is 8.04. The molecule has 9 aromatic rings. The van der Waals surface area contributed by atoms with Crippen molar-refractivity contribution in [2.45, 2.75) is 12.5 Å². The third kappa shape index (κ3) is 2.72.